The van der Waals surface area contributed by atoms with Crippen LogP contribution >= 0.6 is 0 Å². The molecule has 0 aliphatic rings. The standard InChI is InChI=1S/C14H17NO2Se/c1-3-18-7-6-11-9-15-14-5-4-12(8-13(11)14)17-10(2)16/h4-5,8-9,15H,3,6-7H2,1-2H3. The Morgan fingerprint density at radius 3 is 3.00 bits per heavy atom. The maximum atomic E-state index is 11.0. The molecule has 0 radical (unpaired) electrons. The topological polar surface area (TPSA) is 42.1 Å². The minimum atomic E-state index is -0.277. The van der Waals surface area contributed by atoms with Crippen LogP contribution in [0.4, 0.5) is 0 Å². The predicted octanol–water partition coefficient (Wildman–Crippen LogP) is 3.20. The molecular formula is C14H17NO2Se. The van der Waals surface area contributed by atoms with E-state index < -0.39 is 0 Å². The number of nitrogens with one attached hydrogen (secondary N) is 1. The number of ether oxygens (including phenoxy) is 1. The van der Waals surface area contributed by atoms with Crippen molar-refractivity contribution in [2.75, 3.05) is 0 Å². The van der Waals surface area contributed by atoms with E-state index in [9.17, 15) is 4.79 Å². The summed E-state index contributed by atoms with van der Waals surface area (Å²) in [4.78, 5) is 14.2. The van der Waals surface area contributed by atoms with Crippen LogP contribution in [0.15, 0.2) is 24.4 Å². The fourth-order valence-electron chi connectivity index (χ4n) is 1.92. The van der Waals surface area contributed by atoms with Crippen LogP contribution in [-0.2, 0) is 11.2 Å². The zero-order valence-electron chi connectivity index (χ0n) is 10.7. The number of aromatic nitrogens is 1. The molecule has 0 aliphatic heterocycles. The molecule has 0 aliphatic carbocycles. The Hall–Kier alpha value is -1.25. The molecule has 3 nitrogen and oxygen atoms in total. The molecule has 18 heavy (non-hydrogen) atoms. The number of fused-ring (bicyclic) bond motifs is 1. The third-order valence-electron chi connectivity index (χ3n) is 2.72. The van der Waals surface area contributed by atoms with Crippen molar-refractivity contribution in [1.82, 2.24) is 4.98 Å². The van der Waals surface area contributed by atoms with E-state index in [4.69, 9.17) is 4.74 Å². The summed E-state index contributed by atoms with van der Waals surface area (Å²) < 4.78 is 5.12. The number of H-pyrrole nitrogens is 1. The van der Waals surface area contributed by atoms with E-state index in [1.165, 1.54) is 28.5 Å². The average Bonchev–Trinajstić information content (AvgIpc) is 2.72. The third kappa shape index (κ3) is 3.15. The van der Waals surface area contributed by atoms with Gasteiger partial charge in [0.15, 0.2) is 0 Å². The van der Waals surface area contributed by atoms with E-state index >= 15 is 0 Å². The monoisotopic (exact) mass is 311 g/mol. The first-order chi connectivity index (χ1) is 8.70. The second kappa shape index (κ2) is 6.07. The first kappa shape index (κ1) is 13.2. The van der Waals surface area contributed by atoms with Gasteiger partial charge >= 0.3 is 113 Å². The van der Waals surface area contributed by atoms with Gasteiger partial charge in [0.25, 0.3) is 0 Å². The van der Waals surface area contributed by atoms with Crippen molar-refractivity contribution < 1.29 is 9.53 Å². The number of benzene rings is 1. The van der Waals surface area contributed by atoms with Gasteiger partial charge in [-0.25, -0.2) is 0 Å². The predicted molar refractivity (Wildman–Crippen MR) is 74.4 cm³/mol. The molecule has 0 amide bonds. The molecule has 0 saturated heterocycles. The van der Waals surface area contributed by atoms with Crippen LogP contribution in [0.3, 0.4) is 0 Å². The van der Waals surface area contributed by atoms with Crippen molar-refractivity contribution >= 4 is 31.8 Å². The number of aromatic amines is 1. The molecular weight excluding hydrogens is 293 g/mol. The first-order valence-electron chi connectivity index (χ1n) is 6.07. The zero-order chi connectivity index (χ0) is 13.0. The van der Waals surface area contributed by atoms with E-state index in [0.29, 0.717) is 5.75 Å². The maximum absolute atomic E-state index is 11.0. The Morgan fingerprint density at radius 1 is 1.44 bits per heavy atom. The van der Waals surface area contributed by atoms with Gasteiger partial charge in [-0.2, -0.15) is 0 Å². The number of aryl methyl sites for hydroxylation is 1. The number of carbonyl (C=O) groups is 1. The van der Waals surface area contributed by atoms with Crippen LogP contribution in [0, 0.1) is 0 Å². The number of rotatable bonds is 5. The molecule has 96 valence electrons. The van der Waals surface area contributed by atoms with Gasteiger partial charge in [0.2, 0.25) is 0 Å². The van der Waals surface area contributed by atoms with Gasteiger partial charge in [0, 0.05) is 0 Å². The second-order valence-corrected chi connectivity index (χ2v) is 6.99. The SMILES string of the molecule is CC[Se]CCc1c[nH]c2ccc(OC(C)=O)cc12. The Balaban J connectivity index is 2.22. The summed E-state index contributed by atoms with van der Waals surface area (Å²) in [6.45, 7) is 3.65. The van der Waals surface area contributed by atoms with Gasteiger partial charge in [-0.15, -0.1) is 0 Å². The molecule has 2 rings (SSSR count). The van der Waals surface area contributed by atoms with E-state index in [2.05, 4.69) is 18.1 Å². The molecule has 4 heteroatoms. The van der Waals surface area contributed by atoms with Gasteiger partial charge in [-0.3, -0.25) is 0 Å². The normalized spacial score (nSPS) is 10.8. The first-order valence-corrected chi connectivity index (χ1v) is 8.49. The fraction of sp³-hybridized carbons (Fsp3) is 0.357. The molecule has 1 N–H and O–H groups in total. The van der Waals surface area contributed by atoms with Crippen LogP contribution in [0.25, 0.3) is 10.9 Å². The summed E-state index contributed by atoms with van der Waals surface area (Å²) in [6, 6.07) is 5.73. The number of esters is 1. The molecule has 1 aromatic heterocycles. The molecule has 0 bridgehead atoms. The summed E-state index contributed by atoms with van der Waals surface area (Å²) >= 11 is 0.733. The van der Waals surface area contributed by atoms with Gasteiger partial charge in [-0.05, 0) is 0 Å². The Kier molecular flexibility index (Phi) is 4.45. The molecule has 0 spiro atoms. The van der Waals surface area contributed by atoms with Crippen LogP contribution in [-0.4, -0.2) is 25.9 Å². The minimum absolute atomic E-state index is 0.277. The van der Waals surface area contributed by atoms with E-state index in [-0.39, 0.29) is 5.97 Å². The van der Waals surface area contributed by atoms with Crippen molar-refractivity contribution in [3.05, 3.63) is 30.0 Å². The van der Waals surface area contributed by atoms with Gasteiger partial charge < -0.3 is 0 Å². The molecule has 0 atom stereocenters. The molecule has 0 fully saturated rings. The summed E-state index contributed by atoms with van der Waals surface area (Å²) in [7, 11) is 0. The fourth-order valence-corrected chi connectivity index (χ4v) is 3.29. The zero-order valence-corrected chi connectivity index (χ0v) is 12.4. The van der Waals surface area contributed by atoms with E-state index in [1.54, 1.807) is 0 Å². The molecule has 0 saturated carbocycles. The Bertz CT molecular complexity index is 548. The van der Waals surface area contributed by atoms with Crippen LogP contribution in [0.5, 0.6) is 5.75 Å². The Morgan fingerprint density at radius 2 is 2.28 bits per heavy atom. The van der Waals surface area contributed by atoms with Gasteiger partial charge in [0.05, 0.1) is 0 Å². The summed E-state index contributed by atoms with van der Waals surface area (Å²) in [5.74, 6) is 0.345. The second-order valence-electron chi connectivity index (χ2n) is 4.06. The summed E-state index contributed by atoms with van der Waals surface area (Å²) in [6.07, 6.45) is 3.16. The average molecular weight is 310 g/mol. The summed E-state index contributed by atoms with van der Waals surface area (Å²) in [5, 5.41) is 3.71. The van der Waals surface area contributed by atoms with Crippen LogP contribution < -0.4 is 4.74 Å². The number of hydrogen-bond donors (Lipinski definition) is 1. The summed E-state index contributed by atoms with van der Waals surface area (Å²) in [5.41, 5.74) is 2.42. The van der Waals surface area contributed by atoms with Gasteiger partial charge in [-0.1, -0.05) is 0 Å². The number of hydrogen-bond acceptors (Lipinski definition) is 2. The van der Waals surface area contributed by atoms with Crippen molar-refractivity contribution in [3.8, 4) is 5.75 Å². The van der Waals surface area contributed by atoms with Crippen LogP contribution in [0.1, 0.15) is 19.4 Å². The molecule has 0 unspecified atom stereocenters. The molecule has 2 aromatic rings. The van der Waals surface area contributed by atoms with E-state index in [0.717, 1.165) is 26.9 Å². The number of carbonyl (C=O) groups excluding carboxylic acids is 1. The van der Waals surface area contributed by atoms with Crippen LogP contribution in [0.2, 0.25) is 10.6 Å². The van der Waals surface area contributed by atoms with Crippen molar-refractivity contribution in [3.63, 3.8) is 0 Å². The van der Waals surface area contributed by atoms with Crippen molar-refractivity contribution in [1.29, 1.82) is 0 Å². The van der Waals surface area contributed by atoms with E-state index in [1.807, 2.05) is 18.2 Å². The molecule has 1 aromatic carbocycles. The Labute approximate surface area is 113 Å². The quantitative estimate of drug-likeness (QED) is 0.399. The molecule has 1 heterocycles. The van der Waals surface area contributed by atoms with Crippen molar-refractivity contribution in [2.45, 2.75) is 30.9 Å². The van der Waals surface area contributed by atoms with Gasteiger partial charge in [0.1, 0.15) is 0 Å². The van der Waals surface area contributed by atoms with Crippen molar-refractivity contribution in [2.24, 2.45) is 0 Å². The third-order valence-corrected chi connectivity index (χ3v) is 4.61.